The lowest BCUT2D eigenvalue weighted by Crippen LogP contribution is -2.14. The number of carbonyl (C=O) groups excluding carboxylic acids is 2. The predicted octanol–water partition coefficient (Wildman–Crippen LogP) is 3.55. The van der Waals surface area contributed by atoms with E-state index in [0.717, 1.165) is 16.8 Å². The minimum Gasteiger partial charge on any atom is -0.479 e. The highest BCUT2D eigenvalue weighted by Gasteiger charge is 2.16. The van der Waals surface area contributed by atoms with Gasteiger partial charge < -0.3 is 15.4 Å². The van der Waals surface area contributed by atoms with Crippen LogP contribution < -0.4 is 15.4 Å². The molecular formula is C21H22N4O3. The quantitative estimate of drug-likeness (QED) is 0.711. The molecule has 1 aromatic heterocycles. The standard InChI is InChI=1S/C21H22N4O3/c1-13-6-5-7-18(14(13)2)23-19(26)15-8-10-16(11-9-15)22-20(27)17-12-25(3)24-21(17)28-4/h5-12H,1-4H3,(H,22,27)(H,23,26). The van der Waals surface area contributed by atoms with Gasteiger partial charge in [0.05, 0.1) is 7.11 Å². The van der Waals surface area contributed by atoms with Crippen LogP contribution >= 0.6 is 0 Å². The molecule has 0 atom stereocenters. The normalized spacial score (nSPS) is 10.4. The summed E-state index contributed by atoms with van der Waals surface area (Å²) in [6.45, 7) is 3.97. The third kappa shape index (κ3) is 4.03. The minimum absolute atomic E-state index is 0.208. The summed E-state index contributed by atoms with van der Waals surface area (Å²) in [6, 6.07) is 12.5. The number of methoxy groups -OCH3 is 1. The van der Waals surface area contributed by atoms with E-state index in [1.165, 1.54) is 11.8 Å². The van der Waals surface area contributed by atoms with Crippen LogP contribution in [0, 0.1) is 13.8 Å². The maximum absolute atomic E-state index is 12.5. The second-order valence-electron chi connectivity index (χ2n) is 6.46. The van der Waals surface area contributed by atoms with Gasteiger partial charge in [-0.3, -0.25) is 14.3 Å². The van der Waals surface area contributed by atoms with Crippen molar-refractivity contribution in [1.29, 1.82) is 0 Å². The molecular weight excluding hydrogens is 356 g/mol. The highest BCUT2D eigenvalue weighted by molar-refractivity contribution is 6.07. The number of rotatable bonds is 5. The highest BCUT2D eigenvalue weighted by Crippen LogP contribution is 2.20. The van der Waals surface area contributed by atoms with Crippen LogP contribution in [-0.4, -0.2) is 28.7 Å². The molecule has 0 aliphatic rings. The molecule has 0 aliphatic heterocycles. The highest BCUT2D eigenvalue weighted by atomic mass is 16.5. The van der Waals surface area contributed by atoms with Crippen molar-refractivity contribution in [3.8, 4) is 5.88 Å². The topological polar surface area (TPSA) is 85.2 Å². The van der Waals surface area contributed by atoms with Crippen molar-refractivity contribution in [2.24, 2.45) is 7.05 Å². The van der Waals surface area contributed by atoms with Gasteiger partial charge in [0.15, 0.2) is 0 Å². The molecule has 0 saturated heterocycles. The van der Waals surface area contributed by atoms with Gasteiger partial charge in [0, 0.05) is 30.2 Å². The number of hydrogen-bond donors (Lipinski definition) is 2. The van der Waals surface area contributed by atoms with Crippen molar-refractivity contribution in [2.75, 3.05) is 17.7 Å². The summed E-state index contributed by atoms with van der Waals surface area (Å²) in [6.07, 6.45) is 1.58. The van der Waals surface area contributed by atoms with Gasteiger partial charge in [-0.1, -0.05) is 12.1 Å². The molecule has 7 nitrogen and oxygen atoms in total. The average Bonchev–Trinajstić information content (AvgIpc) is 3.07. The molecule has 0 fully saturated rings. The fourth-order valence-corrected chi connectivity index (χ4v) is 2.76. The van der Waals surface area contributed by atoms with Crippen molar-refractivity contribution in [2.45, 2.75) is 13.8 Å². The van der Waals surface area contributed by atoms with E-state index >= 15 is 0 Å². The van der Waals surface area contributed by atoms with Gasteiger partial charge in [-0.2, -0.15) is 0 Å². The number of carbonyl (C=O) groups is 2. The van der Waals surface area contributed by atoms with Gasteiger partial charge in [0.1, 0.15) is 5.56 Å². The van der Waals surface area contributed by atoms with Gasteiger partial charge in [-0.25, -0.2) is 0 Å². The molecule has 7 heteroatoms. The van der Waals surface area contributed by atoms with Crippen molar-refractivity contribution in [3.05, 3.63) is 70.9 Å². The number of nitrogens with zero attached hydrogens (tertiary/aromatic N) is 2. The number of aryl methyl sites for hydroxylation is 2. The zero-order chi connectivity index (χ0) is 20.3. The number of benzene rings is 2. The van der Waals surface area contributed by atoms with Crippen LogP contribution in [0.4, 0.5) is 11.4 Å². The summed E-state index contributed by atoms with van der Waals surface area (Å²) in [7, 11) is 3.17. The summed E-state index contributed by atoms with van der Waals surface area (Å²) >= 11 is 0. The summed E-state index contributed by atoms with van der Waals surface area (Å²) in [4.78, 5) is 24.9. The molecule has 28 heavy (non-hydrogen) atoms. The van der Waals surface area contributed by atoms with Gasteiger partial charge >= 0.3 is 0 Å². The molecule has 0 aliphatic carbocycles. The Bertz CT molecular complexity index is 1020. The molecule has 0 bridgehead atoms. The molecule has 2 amide bonds. The van der Waals surface area contributed by atoms with Crippen molar-refractivity contribution in [1.82, 2.24) is 9.78 Å². The smallest absolute Gasteiger partial charge is 0.262 e. The first-order chi connectivity index (χ1) is 13.4. The van der Waals surface area contributed by atoms with Crippen LogP contribution in [0.5, 0.6) is 5.88 Å². The Kier molecular flexibility index (Phi) is 5.44. The van der Waals surface area contributed by atoms with Crippen molar-refractivity contribution >= 4 is 23.2 Å². The van der Waals surface area contributed by atoms with Gasteiger partial charge in [-0.05, 0) is 55.3 Å². The second-order valence-corrected chi connectivity index (χ2v) is 6.46. The monoisotopic (exact) mass is 378 g/mol. The molecule has 2 aromatic carbocycles. The van der Waals surface area contributed by atoms with E-state index in [1.807, 2.05) is 32.0 Å². The Morgan fingerprint density at radius 3 is 2.39 bits per heavy atom. The van der Waals surface area contributed by atoms with Crippen molar-refractivity contribution < 1.29 is 14.3 Å². The Morgan fingerprint density at radius 2 is 1.71 bits per heavy atom. The predicted molar refractivity (Wildman–Crippen MR) is 108 cm³/mol. The third-order valence-corrected chi connectivity index (χ3v) is 4.49. The number of aromatic nitrogens is 2. The number of nitrogens with one attached hydrogen (secondary N) is 2. The van der Waals surface area contributed by atoms with E-state index in [1.54, 1.807) is 37.5 Å². The number of amides is 2. The lowest BCUT2D eigenvalue weighted by Gasteiger charge is -2.11. The first-order valence-electron chi connectivity index (χ1n) is 8.75. The van der Waals surface area contributed by atoms with Gasteiger partial charge in [0.25, 0.3) is 11.8 Å². The Morgan fingerprint density at radius 1 is 1.00 bits per heavy atom. The van der Waals surface area contributed by atoms with Crippen LogP contribution in [0.2, 0.25) is 0 Å². The van der Waals surface area contributed by atoms with Gasteiger partial charge in [-0.15, -0.1) is 5.10 Å². The zero-order valence-corrected chi connectivity index (χ0v) is 16.2. The molecule has 0 saturated carbocycles. The van der Waals surface area contributed by atoms with E-state index in [-0.39, 0.29) is 17.7 Å². The Hall–Kier alpha value is -3.61. The molecule has 2 N–H and O–H groups in total. The molecule has 0 unspecified atom stereocenters. The molecule has 3 rings (SSSR count). The SMILES string of the molecule is COc1nn(C)cc1C(=O)Nc1ccc(C(=O)Nc2cccc(C)c2C)cc1. The first kappa shape index (κ1) is 19.2. The van der Waals surface area contributed by atoms with Crippen LogP contribution in [-0.2, 0) is 7.05 Å². The Labute approximate surface area is 163 Å². The Balaban J connectivity index is 1.70. The van der Waals surface area contributed by atoms with Crippen LogP contribution in [0.3, 0.4) is 0 Å². The number of anilines is 2. The minimum atomic E-state index is -0.336. The second kappa shape index (κ2) is 7.96. The summed E-state index contributed by atoms with van der Waals surface area (Å²) in [5, 5.41) is 9.76. The molecule has 144 valence electrons. The van der Waals surface area contributed by atoms with E-state index in [9.17, 15) is 9.59 Å². The van der Waals surface area contributed by atoms with Crippen LogP contribution in [0.1, 0.15) is 31.8 Å². The van der Waals surface area contributed by atoms with Gasteiger partial charge in [0.2, 0.25) is 5.88 Å². The molecule has 0 spiro atoms. The third-order valence-electron chi connectivity index (χ3n) is 4.49. The van der Waals surface area contributed by atoms with Crippen molar-refractivity contribution in [3.63, 3.8) is 0 Å². The number of ether oxygens (including phenoxy) is 1. The maximum atomic E-state index is 12.5. The zero-order valence-electron chi connectivity index (χ0n) is 16.2. The molecule has 1 heterocycles. The van der Waals surface area contributed by atoms with E-state index < -0.39 is 0 Å². The fourth-order valence-electron chi connectivity index (χ4n) is 2.76. The van der Waals surface area contributed by atoms with E-state index in [2.05, 4.69) is 15.7 Å². The van der Waals surface area contributed by atoms with E-state index in [0.29, 0.717) is 16.8 Å². The molecule has 0 radical (unpaired) electrons. The lowest BCUT2D eigenvalue weighted by atomic mass is 10.1. The van der Waals surface area contributed by atoms with Crippen LogP contribution in [0.15, 0.2) is 48.7 Å². The molecule has 3 aromatic rings. The summed E-state index contributed by atoms with van der Waals surface area (Å²) in [5.41, 5.74) is 4.33. The summed E-state index contributed by atoms with van der Waals surface area (Å²) in [5.74, 6) is -0.289. The lowest BCUT2D eigenvalue weighted by molar-refractivity contribution is 0.101. The number of hydrogen-bond acceptors (Lipinski definition) is 4. The van der Waals surface area contributed by atoms with Crippen LogP contribution in [0.25, 0.3) is 0 Å². The average molecular weight is 378 g/mol. The largest absolute Gasteiger partial charge is 0.479 e. The first-order valence-corrected chi connectivity index (χ1v) is 8.75. The summed E-state index contributed by atoms with van der Waals surface area (Å²) < 4.78 is 6.61. The van der Waals surface area contributed by atoms with E-state index in [4.69, 9.17) is 4.74 Å². The maximum Gasteiger partial charge on any atom is 0.262 e. The fraction of sp³-hybridized carbons (Fsp3) is 0.190.